The van der Waals surface area contributed by atoms with Crippen LogP contribution in [0.15, 0.2) is 40.8 Å². The summed E-state index contributed by atoms with van der Waals surface area (Å²) in [7, 11) is 0. The molecule has 1 amide bonds. The smallest absolute Gasteiger partial charge is 0.311 e. The zero-order valence-electron chi connectivity index (χ0n) is 14.2. The molecule has 0 saturated carbocycles. The number of likely N-dealkylation sites (tertiary alicyclic amines) is 1. The van der Waals surface area contributed by atoms with Crippen LogP contribution in [0.4, 0.5) is 0 Å². The second kappa shape index (κ2) is 7.47. The normalized spacial score (nSPS) is 20.5. The minimum atomic E-state index is -0.938. The van der Waals surface area contributed by atoms with Gasteiger partial charge in [0, 0.05) is 25.4 Å². The Balaban J connectivity index is 2.14. The summed E-state index contributed by atoms with van der Waals surface area (Å²) < 4.78 is 1.34. The minimum Gasteiger partial charge on any atom is -0.481 e. The molecule has 2 rings (SSSR count). The maximum Gasteiger partial charge on any atom is 0.311 e. The molecule has 0 radical (unpaired) electrons. The number of hydrogen-bond acceptors (Lipinski definition) is 3. The van der Waals surface area contributed by atoms with Gasteiger partial charge in [-0.2, -0.15) is 0 Å². The number of allylic oxidation sites excluding steroid dienone is 2. The van der Waals surface area contributed by atoms with Gasteiger partial charge in [-0.25, -0.2) is 0 Å². The number of hydrogen-bond donors (Lipinski definition) is 1. The first kappa shape index (κ1) is 18.0. The van der Waals surface area contributed by atoms with Crippen LogP contribution in [0.5, 0.6) is 0 Å². The highest BCUT2D eigenvalue weighted by atomic mass is 16.4. The highest BCUT2D eigenvalue weighted by Gasteiger charge is 2.42. The highest BCUT2D eigenvalue weighted by Crippen LogP contribution is 2.35. The maximum atomic E-state index is 12.5. The molecule has 0 bridgehead atoms. The van der Waals surface area contributed by atoms with Crippen molar-refractivity contribution in [2.45, 2.75) is 39.7 Å². The van der Waals surface area contributed by atoms with Crippen LogP contribution in [-0.4, -0.2) is 39.5 Å². The Morgan fingerprint density at radius 1 is 1.33 bits per heavy atom. The number of carbonyl (C=O) groups is 2. The summed E-state index contributed by atoms with van der Waals surface area (Å²) in [5.41, 5.74) is -0.112. The van der Waals surface area contributed by atoms with Gasteiger partial charge < -0.3 is 14.6 Å². The molecule has 1 atom stereocenters. The fourth-order valence-electron chi connectivity index (χ4n) is 3.01. The summed E-state index contributed by atoms with van der Waals surface area (Å²) in [5.74, 6) is -1.08. The second-order valence-electron chi connectivity index (χ2n) is 6.66. The molecule has 130 valence electrons. The Morgan fingerprint density at radius 2 is 2.08 bits per heavy atom. The molecule has 6 heteroatoms. The van der Waals surface area contributed by atoms with Crippen LogP contribution in [-0.2, 0) is 16.1 Å². The van der Waals surface area contributed by atoms with Crippen molar-refractivity contribution in [2.75, 3.05) is 13.1 Å². The molecule has 1 saturated heterocycles. The zero-order chi connectivity index (χ0) is 17.7. The average Bonchev–Trinajstić information content (AvgIpc) is 2.55. The molecule has 0 aliphatic carbocycles. The van der Waals surface area contributed by atoms with E-state index in [2.05, 4.69) is 0 Å². The van der Waals surface area contributed by atoms with Crippen molar-refractivity contribution >= 4 is 11.9 Å². The number of carbonyl (C=O) groups excluding carboxylic acids is 1. The lowest BCUT2D eigenvalue weighted by Crippen LogP contribution is -2.50. The van der Waals surface area contributed by atoms with Gasteiger partial charge in [0.1, 0.15) is 6.54 Å². The first-order valence-electron chi connectivity index (χ1n) is 8.14. The van der Waals surface area contributed by atoms with E-state index in [-0.39, 0.29) is 24.6 Å². The molecule has 6 nitrogen and oxygen atoms in total. The van der Waals surface area contributed by atoms with E-state index >= 15 is 0 Å². The Morgan fingerprint density at radius 3 is 2.71 bits per heavy atom. The largest absolute Gasteiger partial charge is 0.481 e. The van der Waals surface area contributed by atoms with Gasteiger partial charge in [0.05, 0.1) is 5.41 Å². The monoisotopic (exact) mass is 332 g/mol. The lowest BCUT2D eigenvalue weighted by atomic mass is 9.76. The molecule has 0 aromatic carbocycles. The number of rotatable bonds is 5. The van der Waals surface area contributed by atoms with Crippen molar-refractivity contribution in [1.29, 1.82) is 0 Å². The topological polar surface area (TPSA) is 79.6 Å². The number of pyridine rings is 1. The number of piperidine rings is 1. The van der Waals surface area contributed by atoms with Crippen molar-refractivity contribution < 1.29 is 14.7 Å². The Bertz CT molecular complexity index is 703. The molecule has 1 fully saturated rings. The number of amides is 1. The van der Waals surface area contributed by atoms with Crippen molar-refractivity contribution in [1.82, 2.24) is 9.47 Å². The third kappa shape index (κ3) is 4.13. The minimum absolute atomic E-state index is 0.0575. The van der Waals surface area contributed by atoms with E-state index in [4.69, 9.17) is 0 Å². The second-order valence-corrected chi connectivity index (χ2v) is 6.66. The Hall–Kier alpha value is -2.37. The number of nitrogens with zero attached hydrogens (tertiary/aromatic N) is 2. The molecule has 1 aromatic heterocycles. The van der Waals surface area contributed by atoms with E-state index < -0.39 is 11.4 Å². The Kier molecular flexibility index (Phi) is 5.59. The van der Waals surface area contributed by atoms with Crippen LogP contribution < -0.4 is 5.56 Å². The molecular weight excluding hydrogens is 308 g/mol. The fourth-order valence-corrected chi connectivity index (χ4v) is 3.01. The van der Waals surface area contributed by atoms with Gasteiger partial charge in [-0.15, -0.1) is 0 Å². The van der Waals surface area contributed by atoms with E-state index in [1.54, 1.807) is 23.2 Å². The maximum absolute atomic E-state index is 12.5. The number of carboxylic acid groups (broad SMARTS) is 1. The van der Waals surface area contributed by atoms with Gasteiger partial charge >= 0.3 is 5.97 Å². The third-order valence-corrected chi connectivity index (χ3v) is 4.49. The van der Waals surface area contributed by atoms with Crippen molar-refractivity contribution in [3.05, 3.63) is 46.4 Å². The quantitative estimate of drug-likeness (QED) is 0.835. The van der Waals surface area contributed by atoms with E-state index in [9.17, 15) is 19.5 Å². The molecule has 2 heterocycles. The van der Waals surface area contributed by atoms with Crippen LogP contribution >= 0.6 is 0 Å². The highest BCUT2D eigenvalue weighted by molar-refractivity contribution is 5.79. The molecule has 0 unspecified atom stereocenters. The number of carboxylic acids is 1. The molecule has 1 aromatic rings. The molecule has 1 N–H and O–H groups in total. The van der Waals surface area contributed by atoms with Crippen LogP contribution in [0, 0.1) is 5.41 Å². The van der Waals surface area contributed by atoms with Crippen LogP contribution in [0.3, 0.4) is 0 Å². The van der Waals surface area contributed by atoms with Gasteiger partial charge in [0.25, 0.3) is 5.56 Å². The zero-order valence-corrected chi connectivity index (χ0v) is 14.2. The van der Waals surface area contributed by atoms with Crippen LogP contribution in [0.25, 0.3) is 0 Å². The average molecular weight is 332 g/mol. The third-order valence-electron chi connectivity index (χ3n) is 4.49. The molecule has 24 heavy (non-hydrogen) atoms. The summed E-state index contributed by atoms with van der Waals surface area (Å²) in [6.45, 7) is 4.53. The lowest BCUT2D eigenvalue weighted by Gasteiger charge is -2.39. The SMILES string of the molecule is CC(C)=CC[C@]1(C(=O)O)CCCN(C(=O)Cn2ccccc2=O)C1. The van der Waals surface area contributed by atoms with E-state index in [1.165, 1.54) is 10.6 Å². The summed E-state index contributed by atoms with van der Waals surface area (Å²) in [6.07, 6.45) is 5.11. The Labute approximate surface area is 141 Å². The summed E-state index contributed by atoms with van der Waals surface area (Å²) >= 11 is 0. The standard InChI is InChI=1S/C18H24N2O4/c1-14(2)7-9-18(17(23)24)8-5-11-20(13-18)16(22)12-19-10-4-3-6-15(19)21/h3-4,6-7,10H,5,8-9,11-13H2,1-2H3,(H,23,24)/t18-/m1/s1. The first-order chi connectivity index (χ1) is 11.3. The van der Waals surface area contributed by atoms with Gasteiger partial charge in [0.15, 0.2) is 0 Å². The first-order valence-corrected chi connectivity index (χ1v) is 8.14. The van der Waals surface area contributed by atoms with Crippen LogP contribution in [0.2, 0.25) is 0 Å². The summed E-state index contributed by atoms with van der Waals surface area (Å²) in [6, 6.07) is 4.72. The van der Waals surface area contributed by atoms with E-state index in [0.29, 0.717) is 25.8 Å². The summed E-state index contributed by atoms with van der Waals surface area (Å²) in [5, 5.41) is 9.71. The molecule has 1 aliphatic rings. The fraction of sp³-hybridized carbons (Fsp3) is 0.500. The van der Waals surface area contributed by atoms with E-state index in [0.717, 1.165) is 5.57 Å². The van der Waals surface area contributed by atoms with Crippen molar-refractivity contribution in [3.63, 3.8) is 0 Å². The van der Waals surface area contributed by atoms with Gasteiger partial charge in [-0.3, -0.25) is 14.4 Å². The lowest BCUT2D eigenvalue weighted by molar-refractivity contribution is -0.154. The van der Waals surface area contributed by atoms with Gasteiger partial charge in [0.2, 0.25) is 5.91 Å². The molecular formula is C18H24N2O4. The van der Waals surface area contributed by atoms with Gasteiger partial charge in [-0.05, 0) is 39.2 Å². The predicted molar refractivity (Wildman–Crippen MR) is 90.6 cm³/mol. The van der Waals surface area contributed by atoms with E-state index in [1.807, 2.05) is 19.9 Å². The number of aromatic nitrogens is 1. The predicted octanol–water partition coefficient (Wildman–Crippen LogP) is 1.90. The summed E-state index contributed by atoms with van der Waals surface area (Å²) in [4.78, 5) is 37.7. The molecule has 0 spiro atoms. The van der Waals surface area contributed by atoms with Crippen molar-refractivity contribution in [2.24, 2.45) is 5.41 Å². The van der Waals surface area contributed by atoms with Crippen molar-refractivity contribution in [3.8, 4) is 0 Å². The number of aliphatic carboxylic acids is 1. The molecule has 1 aliphatic heterocycles. The van der Waals surface area contributed by atoms with Crippen LogP contribution in [0.1, 0.15) is 33.1 Å². The van der Waals surface area contributed by atoms with Gasteiger partial charge in [-0.1, -0.05) is 17.7 Å².